The molecule has 0 saturated heterocycles. The molecule has 0 N–H and O–H groups in total. The monoisotopic (exact) mass is 253 g/mol. The van der Waals surface area contributed by atoms with Crippen LogP contribution in [0.4, 0.5) is 0 Å². The lowest BCUT2D eigenvalue weighted by molar-refractivity contribution is -0.0266. The Balaban J connectivity index is 1.67. The molecule has 1 unspecified atom stereocenters. The highest BCUT2D eigenvalue weighted by Gasteiger charge is 2.30. The average molecular weight is 254 g/mol. The van der Waals surface area contributed by atoms with E-state index in [1.54, 1.807) is 0 Å². The first-order valence-electron chi connectivity index (χ1n) is 6.42. The van der Waals surface area contributed by atoms with Crippen molar-refractivity contribution in [3.8, 4) is 0 Å². The van der Waals surface area contributed by atoms with Crippen molar-refractivity contribution in [2.24, 2.45) is 5.92 Å². The van der Waals surface area contributed by atoms with Crippen LogP contribution < -0.4 is 0 Å². The van der Waals surface area contributed by atoms with Crippen LogP contribution in [0.2, 0.25) is 0 Å². The molecule has 1 saturated carbocycles. The molecule has 17 heavy (non-hydrogen) atoms. The van der Waals surface area contributed by atoms with Gasteiger partial charge in [-0.15, -0.1) is 11.6 Å². The lowest BCUT2D eigenvalue weighted by Gasteiger charge is -2.36. The van der Waals surface area contributed by atoms with E-state index in [1.165, 1.54) is 18.4 Å². The molecule has 1 fully saturated rings. The molecule has 0 spiro atoms. The van der Waals surface area contributed by atoms with E-state index in [-0.39, 0.29) is 5.38 Å². The molecule has 2 nitrogen and oxygen atoms in total. The number of halogens is 1. The molecule has 1 heterocycles. The Morgan fingerprint density at radius 3 is 2.76 bits per heavy atom. The number of alkyl halides is 1. The zero-order valence-electron chi connectivity index (χ0n) is 10.3. The summed E-state index contributed by atoms with van der Waals surface area (Å²) in [5.74, 6) is 0.760. The lowest BCUT2D eigenvalue weighted by Crippen LogP contribution is -2.33. The SMILES string of the molecule is CCOC1CC(CC(Cl)Cc2ccncc2)C1. The van der Waals surface area contributed by atoms with Crippen LogP contribution in [0.5, 0.6) is 0 Å². The van der Waals surface area contributed by atoms with Crippen molar-refractivity contribution >= 4 is 11.6 Å². The van der Waals surface area contributed by atoms with Gasteiger partial charge in [-0.3, -0.25) is 4.98 Å². The van der Waals surface area contributed by atoms with Gasteiger partial charge in [0.15, 0.2) is 0 Å². The number of nitrogens with zero attached hydrogens (tertiary/aromatic N) is 1. The molecule has 1 aliphatic carbocycles. The number of aromatic nitrogens is 1. The van der Waals surface area contributed by atoms with Crippen LogP contribution in [-0.2, 0) is 11.2 Å². The van der Waals surface area contributed by atoms with Crippen molar-refractivity contribution in [2.45, 2.75) is 44.1 Å². The summed E-state index contributed by atoms with van der Waals surface area (Å²) < 4.78 is 5.56. The third-order valence-corrected chi connectivity index (χ3v) is 3.72. The standard InChI is InChI=1S/C14H20ClNO/c1-2-17-14-9-12(10-14)8-13(15)7-11-3-5-16-6-4-11/h3-6,12-14H,2,7-10H2,1H3. The van der Waals surface area contributed by atoms with Crippen LogP contribution in [0.1, 0.15) is 31.7 Å². The molecule has 1 atom stereocenters. The molecular weight excluding hydrogens is 234 g/mol. The van der Waals surface area contributed by atoms with Crippen molar-refractivity contribution in [1.29, 1.82) is 0 Å². The number of hydrogen-bond acceptors (Lipinski definition) is 2. The second-order valence-electron chi connectivity index (χ2n) is 4.81. The van der Waals surface area contributed by atoms with Crippen molar-refractivity contribution in [3.05, 3.63) is 30.1 Å². The number of hydrogen-bond donors (Lipinski definition) is 0. The highest BCUT2D eigenvalue weighted by molar-refractivity contribution is 6.20. The fourth-order valence-corrected chi connectivity index (χ4v) is 2.89. The van der Waals surface area contributed by atoms with Gasteiger partial charge in [-0.1, -0.05) is 0 Å². The van der Waals surface area contributed by atoms with Crippen LogP contribution in [-0.4, -0.2) is 23.1 Å². The van der Waals surface area contributed by atoms with Crippen LogP contribution >= 0.6 is 11.6 Å². The summed E-state index contributed by atoms with van der Waals surface area (Å²) in [6.45, 7) is 2.89. The molecule has 0 bridgehead atoms. The van der Waals surface area contributed by atoms with Gasteiger partial charge in [0.05, 0.1) is 6.10 Å². The number of rotatable bonds is 6. The van der Waals surface area contributed by atoms with Gasteiger partial charge >= 0.3 is 0 Å². The van der Waals surface area contributed by atoms with E-state index in [2.05, 4.69) is 11.9 Å². The summed E-state index contributed by atoms with van der Waals surface area (Å²) in [5.41, 5.74) is 1.28. The van der Waals surface area contributed by atoms with Crippen molar-refractivity contribution < 1.29 is 4.74 Å². The maximum absolute atomic E-state index is 6.39. The molecular formula is C14H20ClNO. The summed E-state index contributed by atoms with van der Waals surface area (Å²) in [6.07, 6.45) is 8.57. The van der Waals surface area contributed by atoms with Crippen LogP contribution in [0, 0.1) is 5.92 Å². The molecule has 1 aromatic heterocycles. The lowest BCUT2D eigenvalue weighted by atomic mass is 9.78. The van der Waals surface area contributed by atoms with E-state index in [9.17, 15) is 0 Å². The predicted octanol–water partition coefficient (Wildman–Crippen LogP) is 3.44. The topological polar surface area (TPSA) is 22.1 Å². The average Bonchev–Trinajstić information content (AvgIpc) is 2.27. The van der Waals surface area contributed by atoms with E-state index >= 15 is 0 Å². The second-order valence-corrected chi connectivity index (χ2v) is 5.42. The van der Waals surface area contributed by atoms with E-state index in [4.69, 9.17) is 16.3 Å². The molecule has 0 aromatic carbocycles. The number of ether oxygens (including phenoxy) is 1. The first kappa shape index (κ1) is 12.8. The van der Waals surface area contributed by atoms with Gasteiger partial charge in [0.2, 0.25) is 0 Å². The molecule has 1 aromatic rings. The maximum atomic E-state index is 6.39. The minimum atomic E-state index is 0.241. The van der Waals surface area contributed by atoms with Gasteiger partial charge in [0.25, 0.3) is 0 Å². The largest absolute Gasteiger partial charge is 0.378 e. The van der Waals surface area contributed by atoms with Crippen molar-refractivity contribution in [2.75, 3.05) is 6.61 Å². The molecule has 0 amide bonds. The Hall–Kier alpha value is -0.600. The zero-order chi connectivity index (χ0) is 12.1. The summed E-state index contributed by atoms with van der Waals surface area (Å²) in [6, 6.07) is 4.08. The highest BCUT2D eigenvalue weighted by Crippen LogP contribution is 2.35. The van der Waals surface area contributed by atoms with E-state index in [1.807, 2.05) is 24.5 Å². The van der Waals surface area contributed by atoms with Gasteiger partial charge in [-0.25, -0.2) is 0 Å². The molecule has 1 aliphatic rings. The molecule has 0 aliphatic heterocycles. The van der Waals surface area contributed by atoms with E-state index < -0.39 is 0 Å². The first-order chi connectivity index (χ1) is 8.28. The first-order valence-corrected chi connectivity index (χ1v) is 6.86. The Kier molecular flexibility index (Phi) is 4.81. The summed E-state index contributed by atoms with van der Waals surface area (Å²) in [7, 11) is 0. The van der Waals surface area contributed by atoms with Crippen molar-refractivity contribution in [3.63, 3.8) is 0 Å². The zero-order valence-corrected chi connectivity index (χ0v) is 11.1. The highest BCUT2D eigenvalue weighted by atomic mass is 35.5. The summed E-state index contributed by atoms with van der Waals surface area (Å²) in [5, 5.41) is 0.241. The van der Waals surface area contributed by atoms with Gasteiger partial charge in [0.1, 0.15) is 0 Å². The fraction of sp³-hybridized carbons (Fsp3) is 0.643. The Bertz CT molecular complexity index is 324. The summed E-state index contributed by atoms with van der Waals surface area (Å²) >= 11 is 6.39. The van der Waals surface area contributed by atoms with Gasteiger partial charge < -0.3 is 4.74 Å². The quantitative estimate of drug-likeness (QED) is 0.725. The van der Waals surface area contributed by atoms with Crippen LogP contribution in [0.25, 0.3) is 0 Å². The predicted molar refractivity (Wildman–Crippen MR) is 70.3 cm³/mol. The van der Waals surface area contributed by atoms with Crippen LogP contribution in [0.3, 0.4) is 0 Å². The summed E-state index contributed by atoms with van der Waals surface area (Å²) in [4.78, 5) is 4.01. The normalized spacial score (nSPS) is 25.3. The van der Waals surface area contributed by atoms with Gasteiger partial charge in [-0.2, -0.15) is 0 Å². The fourth-order valence-electron chi connectivity index (χ4n) is 2.46. The minimum Gasteiger partial charge on any atom is -0.378 e. The number of pyridine rings is 1. The van der Waals surface area contributed by atoms with Gasteiger partial charge in [-0.05, 0) is 56.2 Å². The minimum absolute atomic E-state index is 0.241. The Morgan fingerprint density at radius 2 is 2.12 bits per heavy atom. The molecule has 3 heteroatoms. The molecule has 94 valence electrons. The second kappa shape index (κ2) is 6.36. The van der Waals surface area contributed by atoms with E-state index in [0.717, 1.165) is 25.4 Å². The third kappa shape index (κ3) is 3.97. The van der Waals surface area contributed by atoms with Crippen molar-refractivity contribution in [1.82, 2.24) is 4.98 Å². The smallest absolute Gasteiger partial charge is 0.0580 e. The third-order valence-electron chi connectivity index (χ3n) is 3.39. The van der Waals surface area contributed by atoms with E-state index in [0.29, 0.717) is 6.10 Å². The van der Waals surface area contributed by atoms with Gasteiger partial charge in [0, 0.05) is 24.4 Å². The maximum Gasteiger partial charge on any atom is 0.0580 e. The molecule has 0 radical (unpaired) electrons. The molecule has 2 rings (SSSR count). The Labute approximate surface area is 108 Å². The van der Waals surface area contributed by atoms with Crippen LogP contribution in [0.15, 0.2) is 24.5 Å². The Morgan fingerprint density at radius 1 is 1.41 bits per heavy atom.